The molecule has 1 aromatic carbocycles. The van der Waals surface area contributed by atoms with Crippen LogP contribution < -0.4 is 5.56 Å². The van der Waals surface area contributed by atoms with E-state index in [1.165, 1.54) is 0 Å². The first-order valence-electron chi connectivity index (χ1n) is 5.41. The number of rotatable bonds is 2. The van der Waals surface area contributed by atoms with Gasteiger partial charge in [-0.1, -0.05) is 6.92 Å². The van der Waals surface area contributed by atoms with Gasteiger partial charge in [-0.25, -0.2) is 17.9 Å². The van der Waals surface area contributed by atoms with Crippen LogP contribution in [0.3, 0.4) is 0 Å². The number of nitrogens with zero attached hydrogens (tertiary/aromatic N) is 1. The van der Waals surface area contributed by atoms with E-state index >= 15 is 0 Å². The maximum Gasteiger partial charge on any atom is 0.274 e. The van der Waals surface area contributed by atoms with Gasteiger partial charge in [-0.15, -0.1) is 0 Å². The molecule has 6 heteroatoms. The molecule has 0 saturated heterocycles. The van der Waals surface area contributed by atoms with Gasteiger partial charge in [-0.3, -0.25) is 9.89 Å². The van der Waals surface area contributed by atoms with Crippen molar-refractivity contribution in [1.29, 1.82) is 0 Å². The van der Waals surface area contributed by atoms with Crippen LogP contribution >= 0.6 is 0 Å². The Morgan fingerprint density at radius 1 is 1.22 bits per heavy atom. The molecule has 0 radical (unpaired) electrons. The molecule has 0 aliphatic rings. The summed E-state index contributed by atoms with van der Waals surface area (Å²) in [4.78, 5) is 11.9. The van der Waals surface area contributed by atoms with Crippen LogP contribution in [-0.2, 0) is 6.42 Å². The fourth-order valence-corrected chi connectivity index (χ4v) is 1.85. The van der Waals surface area contributed by atoms with Crippen molar-refractivity contribution < 1.29 is 13.2 Å². The van der Waals surface area contributed by atoms with Gasteiger partial charge in [0.1, 0.15) is 0 Å². The number of benzene rings is 1. The number of halogens is 3. The zero-order valence-electron chi connectivity index (χ0n) is 9.85. The van der Waals surface area contributed by atoms with Gasteiger partial charge < -0.3 is 0 Å². The van der Waals surface area contributed by atoms with Gasteiger partial charge in [0, 0.05) is 23.4 Å². The number of nitrogens with one attached hydrogen (secondary N) is 1. The molecule has 3 nitrogen and oxygen atoms in total. The number of aryl methyl sites for hydroxylation is 1. The lowest BCUT2D eigenvalue weighted by Gasteiger charge is -2.03. The molecule has 0 saturated carbocycles. The highest BCUT2D eigenvalue weighted by Gasteiger charge is 2.15. The van der Waals surface area contributed by atoms with E-state index in [1.54, 1.807) is 13.8 Å². The van der Waals surface area contributed by atoms with Crippen LogP contribution in [0, 0.1) is 24.4 Å². The van der Waals surface area contributed by atoms with Crippen LogP contribution in [0.4, 0.5) is 13.2 Å². The molecular formula is C12H11F3N2O. The first-order valence-corrected chi connectivity index (χ1v) is 5.41. The number of hydrogen-bond acceptors (Lipinski definition) is 1. The fraction of sp³-hybridized carbons (Fsp3) is 0.250. The summed E-state index contributed by atoms with van der Waals surface area (Å²) in [6.07, 6.45) is 0.500. The summed E-state index contributed by atoms with van der Waals surface area (Å²) in [7, 11) is 0. The van der Waals surface area contributed by atoms with Crippen molar-refractivity contribution in [2.24, 2.45) is 0 Å². The third-order valence-corrected chi connectivity index (χ3v) is 2.77. The largest absolute Gasteiger partial charge is 0.295 e. The second-order valence-corrected chi connectivity index (χ2v) is 3.93. The van der Waals surface area contributed by atoms with E-state index in [0.29, 0.717) is 17.7 Å². The van der Waals surface area contributed by atoms with E-state index < -0.39 is 17.5 Å². The quantitative estimate of drug-likeness (QED) is 0.823. The van der Waals surface area contributed by atoms with E-state index in [9.17, 15) is 18.0 Å². The second-order valence-electron chi connectivity index (χ2n) is 3.93. The van der Waals surface area contributed by atoms with Crippen molar-refractivity contribution in [2.75, 3.05) is 0 Å². The second kappa shape index (κ2) is 4.36. The van der Waals surface area contributed by atoms with Crippen molar-refractivity contribution in [3.63, 3.8) is 0 Å². The Morgan fingerprint density at radius 2 is 1.78 bits per heavy atom. The maximum atomic E-state index is 13.1. The molecule has 96 valence electrons. The third kappa shape index (κ3) is 1.83. The Morgan fingerprint density at radius 3 is 2.22 bits per heavy atom. The van der Waals surface area contributed by atoms with E-state index in [1.807, 2.05) is 0 Å². The van der Waals surface area contributed by atoms with Crippen molar-refractivity contribution in [3.8, 4) is 5.69 Å². The molecule has 2 aromatic rings. The molecule has 2 rings (SSSR count). The minimum absolute atomic E-state index is 0.0702. The third-order valence-electron chi connectivity index (χ3n) is 2.77. The highest BCUT2D eigenvalue weighted by molar-refractivity contribution is 5.34. The molecule has 1 N–H and O–H groups in total. The Kier molecular flexibility index (Phi) is 3.02. The molecular weight excluding hydrogens is 245 g/mol. The van der Waals surface area contributed by atoms with Gasteiger partial charge in [-0.2, -0.15) is 0 Å². The molecule has 0 aliphatic carbocycles. The maximum absolute atomic E-state index is 13.1. The summed E-state index contributed by atoms with van der Waals surface area (Å²) in [6, 6.07) is 1.55. The molecule has 0 bridgehead atoms. The minimum atomic E-state index is -1.55. The Bertz CT molecular complexity index is 635. The predicted octanol–water partition coefficient (Wildman–Crippen LogP) is 2.45. The number of aromatic amines is 1. The zero-order valence-corrected chi connectivity index (χ0v) is 9.85. The van der Waals surface area contributed by atoms with Crippen LogP contribution in [-0.4, -0.2) is 9.78 Å². The van der Waals surface area contributed by atoms with Gasteiger partial charge in [-0.05, 0) is 13.3 Å². The molecule has 0 spiro atoms. The highest BCUT2D eigenvalue weighted by atomic mass is 19.2. The van der Waals surface area contributed by atoms with Gasteiger partial charge >= 0.3 is 0 Å². The number of H-pyrrole nitrogens is 1. The van der Waals surface area contributed by atoms with Crippen molar-refractivity contribution in [3.05, 3.63) is 51.2 Å². The van der Waals surface area contributed by atoms with Crippen molar-refractivity contribution in [2.45, 2.75) is 20.3 Å². The van der Waals surface area contributed by atoms with Gasteiger partial charge in [0.05, 0.1) is 5.69 Å². The average Bonchev–Trinajstić information content (AvgIpc) is 2.60. The molecule has 1 aromatic heterocycles. The molecule has 18 heavy (non-hydrogen) atoms. The van der Waals surface area contributed by atoms with Crippen molar-refractivity contribution >= 4 is 0 Å². The summed E-state index contributed by atoms with van der Waals surface area (Å²) in [6.45, 7) is 3.49. The van der Waals surface area contributed by atoms with Gasteiger partial charge in [0.2, 0.25) is 0 Å². The lowest BCUT2D eigenvalue weighted by atomic mass is 10.2. The SMILES string of the molecule is CCc1c(C)[nH]n(-c2cc(F)c(F)c(F)c2)c1=O. The lowest BCUT2D eigenvalue weighted by molar-refractivity contribution is 0.445. The molecule has 1 heterocycles. The summed E-state index contributed by atoms with van der Waals surface area (Å²) >= 11 is 0. The van der Waals surface area contributed by atoms with Crippen molar-refractivity contribution in [1.82, 2.24) is 9.78 Å². The zero-order chi connectivity index (χ0) is 13.4. The van der Waals surface area contributed by atoms with E-state index in [-0.39, 0.29) is 11.2 Å². The summed E-state index contributed by atoms with van der Waals surface area (Å²) < 4.78 is 40.0. The molecule has 0 aliphatic heterocycles. The van der Waals surface area contributed by atoms with E-state index in [2.05, 4.69) is 5.10 Å². The monoisotopic (exact) mass is 256 g/mol. The highest BCUT2D eigenvalue weighted by Crippen LogP contribution is 2.16. The molecule has 0 unspecified atom stereocenters. The normalized spacial score (nSPS) is 10.9. The first kappa shape index (κ1) is 12.5. The first-order chi connectivity index (χ1) is 8.45. The Hall–Kier alpha value is -1.98. The van der Waals surface area contributed by atoms with Crippen LogP contribution in [0.5, 0.6) is 0 Å². The standard InChI is InChI=1S/C12H11F3N2O/c1-3-8-6(2)16-17(12(8)18)7-4-9(13)11(15)10(14)5-7/h4-5,16H,3H2,1-2H3. The van der Waals surface area contributed by atoms with Crippen LogP contribution in [0.2, 0.25) is 0 Å². The predicted molar refractivity (Wildman–Crippen MR) is 60.4 cm³/mol. The average molecular weight is 256 g/mol. The number of aromatic nitrogens is 2. The molecule has 0 fully saturated rings. The smallest absolute Gasteiger partial charge is 0.274 e. The van der Waals surface area contributed by atoms with E-state index in [0.717, 1.165) is 16.8 Å². The Labute approximate surface area is 101 Å². The van der Waals surface area contributed by atoms with Crippen LogP contribution in [0.15, 0.2) is 16.9 Å². The lowest BCUT2D eigenvalue weighted by Crippen LogP contribution is -2.17. The van der Waals surface area contributed by atoms with Gasteiger partial charge in [0.25, 0.3) is 5.56 Å². The van der Waals surface area contributed by atoms with Gasteiger partial charge in [0.15, 0.2) is 17.5 Å². The number of hydrogen-bond donors (Lipinski definition) is 1. The summed E-state index contributed by atoms with van der Waals surface area (Å²) in [5.41, 5.74) is 0.687. The minimum Gasteiger partial charge on any atom is -0.295 e. The summed E-state index contributed by atoms with van der Waals surface area (Å²) in [5, 5.41) is 2.70. The molecule has 0 atom stereocenters. The summed E-state index contributed by atoms with van der Waals surface area (Å²) in [5.74, 6) is -4.21. The fourth-order valence-electron chi connectivity index (χ4n) is 1.85. The van der Waals surface area contributed by atoms with E-state index in [4.69, 9.17) is 0 Å². The topological polar surface area (TPSA) is 37.8 Å². The van der Waals surface area contributed by atoms with Crippen LogP contribution in [0.1, 0.15) is 18.2 Å². The Balaban J connectivity index is 2.67. The van der Waals surface area contributed by atoms with Crippen LogP contribution in [0.25, 0.3) is 5.69 Å². The molecule has 0 amide bonds.